The second kappa shape index (κ2) is 3.81. The summed E-state index contributed by atoms with van der Waals surface area (Å²) < 4.78 is 5.69. The molecule has 1 N–H and O–H groups in total. The van der Waals surface area contributed by atoms with Gasteiger partial charge in [0.05, 0.1) is 6.04 Å². The van der Waals surface area contributed by atoms with Crippen molar-refractivity contribution in [1.29, 1.82) is 0 Å². The van der Waals surface area contributed by atoms with Crippen LogP contribution in [-0.4, -0.2) is 10.8 Å². The van der Waals surface area contributed by atoms with Crippen LogP contribution < -0.4 is 5.32 Å². The maximum absolute atomic E-state index is 5.69. The first-order chi connectivity index (χ1) is 7.15. The number of benzene rings is 1. The molecule has 1 fully saturated rings. The van der Waals surface area contributed by atoms with Crippen LogP contribution in [0, 0.1) is 0 Å². The highest BCUT2D eigenvalue weighted by atomic mass is 32.1. The smallest absolute Gasteiger partial charge is 0.257 e. The highest BCUT2D eigenvalue weighted by Gasteiger charge is 2.42. The summed E-state index contributed by atoms with van der Waals surface area (Å²) in [6, 6.07) is 10.5. The minimum Gasteiger partial charge on any atom is -0.462 e. The van der Waals surface area contributed by atoms with Gasteiger partial charge in [-0.25, -0.2) is 0 Å². The quantitative estimate of drug-likeness (QED) is 0.776. The predicted molar refractivity (Wildman–Crippen MR) is 64.7 cm³/mol. The van der Waals surface area contributed by atoms with Crippen molar-refractivity contribution in [3.05, 3.63) is 35.9 Å². The lowest BCUT2D eigenvalue weighted by molar-refractivity contribution is 0.0806. The van der Waals surface area contributed by atoms with Crippen molar-refractivity contribution in [1.82, 2.24) is 5.32 Å². The van der Waals surface area contributed by atoms with Crippen molar-refractivity contribution < 1.29 is 4.74 Å². The van der Waals surface area contributed by atoms with E-state index in [2.05, 4.69) is 31.3 Å². The van der Waals surface area contributed by atoms with Crippen LogP contribution in [0.5, 0.6) is 0 Å². The van der Waals surface area contributed by atoms with E-state index in [0.29, 0.717) is 5.17 Å². The number of hydrogen-bond acceptors (Lipinski definition) is 2. The van der Waals surface area contributed by atoms with Crippen molar-refractivity contribution in [2.24, 2.45) is 0 Å². The Morgan fingerprint density at radius 3 is 2.67 bits per heavy atom. The first-order valence-corrected chi connectivity index (χ1v) is 5.61. The topological polar surface area (TPSA) is 21.3 Å². The minimum absolute atomic E-state index is 0.163. The molecule has 0 bridgehead atoms. The van der Waals surface area contributed by atoms with Gasteiger partial charge in [0.25, 0.3) is 5.17 Å². The van der Waals surface area contributed by atoms with Crippen LogP contribution in [0.1, 0.15) is 31.9 Å². The standard InChI is InChI=1S/C12H15NOS/c1-3-12(2)10(13-11(15)14-12)9-7-5-4-6-8-9/h4-8,10H,3H2,1-2H3,(H,13,15). The van der Waals surface area contributed by atoms with Gasteiger partial charge in [0, 0.05) is 0 Å². The van der Waals surface area contributed by atoms with Gasteiger partial charge in [-0.2, -0.15) is 0 Å². The van der Waals surface area contributed by atoms with Crippen molar-refractivity contribution in [2.45, 2.75) is 31.9 Å². The Hall–Kier alpha value is -1.09. The molecule has 2 nitrogen and oxygen atoms in total. The number of nitrogens with one attached hydrogen (secondary N) is 1. The summed E-state index contributed by atoms with van der Waals surface area (Å²) in [4.78, 5) is 0. The van der Waals surface area contributed by atoms with Gasteiger partial charge in [0.2, 0.25) is 0 Å². The highest BCUT2D eigenvalue weighted by molar-refractivity contribution is 7.80. The lowest BCUT2D eigenvalue weighted by Crippen LogP contribution is -2.32. The zero-order valence-electron chi connectivity index (χ0n) is 8.99. The molecule has 1 saturated heterocycles. The highest BCUT2D eigenvalue weighted by Crippen LogP contribution is 2.36. The molecule has 0 amide bonds. The van der Waals surface area contributed by atoms with E-state index in [0.717, 1.165) is 6.42 Å². The monoisotopic (exact) mass is 221 g/mol. The van der Waals surface area contributed by atoms with Crippen LogP contribution in [0.3, 0.4) is 0 Å². The van der Waals surface area contributed by atoms with Gasteiger partial charge in [-0.15, -0.1) is 0 Å². The average Bonchev–Trinajstić information content (AvgIpc) is 2.56. The van der Waals surface area contributed by atoms with E-state index in [9.17, 15) is 0 Å². The van der Waals surface area contributed by atoms with Gasteiger partial charge < -0.3 is 10.1 Å². The molecule has 0 saturated carbocycles. The summed E-state index contributed by atoms with van der Waals surface area (Å²) in [5.41, 5.74) is 1.00. The third-order valence-corrected chi connectivity index (χ3v) is 3.23. The van der Waals surface area contributed by atoms with Crippen molar-refractivity contribution >= 4 is 17.4 Å². The summed E-state index contributed by atoms with van der Waals surface area (Å²) in [7, 11) is 0. The summed E-state index contributed by atoms with van der Waals surface area (Å²) in [6.45, 7) is 4.21. The van der Waals surface area contributed by atoms with Crippen LogP contribution >= 0.6 is 12.2 Å². The first-order valence-electron chi connectivity index (χ1n) is 5.20. The summed E-state index contributed by atoms with van der Waals surface area (Å²) in [6.07, 6.45) is 0.930. The Bertz CT molecular complexity index is 365. The molecule has 1 aromatic rings. The van der Waals surface area contributed by atoms with E-state index in [-0.39, 0.29) is 11.6 Å². The molecule has 1 aliphatic rings. The summed E-state index contributed by atoms with van der Waals surface area (Å²) >= 11 is 5.08. The van der Waals surface area contributed by atoms with E-state index in [1.807, 2.05) is 18.2 Å². The third-order valence-electron chi connectivity index (χ3n) is 3.03. The largest absolute Gasteiger partial charge is 0.462 e. The van der Waals surface area contributed by atoms with Crippen LogP contribution in [-0.2, 0) is 4.74 Å². The normalized spacial score (nSPS) is 29.7. The molecule has 0 radical (unpaired) electrons. The van der Waals surface area contributed by atoms with E-state index in [4.69, 9.17) is 17.0 Å². The fourth-order valence-electron chi connectivity index (χ4n) is 1.93. The second-order valence-corrected chi connectivity index (χ2v) is 4.41. The van der Waals surface area contributed by atoms with Gasteiger partial charge in [-0.05, 0) is 31.1 Å². The first kappa shape index (κ1) is 10.4. The zero-order chi connectivity index (χ0) is 10.9. The molecular weight excluding hydrogens is 206 g/mol. The SMILES string of the molecule is CCC1(C)OC(=S)NC1c1ccccc1. The van der Waals surface area contributed by atoms with Gasteiger partial charge in [-0.3, -0.25) is 0 Å². The molecule has 1 aromatic carbocycles. The second-order valence-electron chi connectivity index (χ2n) is 4.04. The Kier molecular flexibility index (Phi) is 2.65. The fourth-order valence-corrected chi connectivity index (χ4v) is 2.24. The number of hydrogen-bond donors (Lipinski definition) is 1. The van der Waals surface area contributed by atoms with Crippen LogP contribution in [0.15, 0.2) is 30.3 Å². The minimum atomic E-state index is -0.224. The predicted octanol–water partition coefficient (Wildman–Crippen LogP) is 2.80. The average molecular weight is 221 g/mol. The lowest BCUT2D eigenvalue weighted by atomic mass is 9.89. The molecular formula is C12H15NOS. The lowest BCUT2D eigenvalue weighted by Gasteiger charge is -2.27. The molecule has 2 atom stereocenters. The molecule has 1 aliphatic heterocycles. The van der Waals surface area contributed by atoms with Crippen LogP contribution in [0.2, 0.25) is 0 Å². The number of ether oxygens (including phenoxy) is 1. The van der Waals surface area contributed by atoms with Gasteiger partial charge in [0.15, 0.2) is 0 Å². The molecule has 80 valence electrons. The fraction of sp³-hybridized carbons (Fsp3) is 0.417. The number of thiocarbonyl (C=S) groups is 1. The molecule has 0 spiro atoms. The third kappa shape index (κ3) is 1.84. The molecule has 15 heavy (non-hydrogen) atoms. The van der Waals surface area contributed by atoms with E-state index >= 15 is 0 Å². The van der Waals surface area contributed by atoms with E-state index in [1.54, 1.807) is 0 Å². The summed E-state index contributed by atoms with van der Waals surface area (Å²) in [5, 5.41) is 3.73. The number of rotatable bonds is 2. The van der Waals surface area contributed by atoms with Crippen molar-refractivity contribution in [2.75, 3.05) is 0 Å². The Labute approximate surface area is 95.6 Å². The van der Waals surface area contributed by atoms with Crippen LogP contribution in [0.25, 0.3) is 0 Å². The van der Waals surface area contributed by atoms with Gasteiger partial charge in [0.1, 0.15) is 5.60 Å². The van der Waals surface area contributed by atoms with Gasteiger partial charge in [-0.1, -0.05) is 37.3 Å². The van der Waals surface area contributed by atoms with Gasteiger partial charge >= 0.3 is 0 Å². The Balaban J connectivity index is 2.33. The maximum atomic E-state index is 5.69. The van der Waals surface area contributed by atoms with E-state index in [1.165, 1.54) is 5.56 Å². The molecule has 2 unspecified atom stereocenters. The zero-order valence-corrected chi connectivity index (χ0v) is 9.80. The Morgan fingerprint density at radius 1 is 1.40 bits per heavy atom. The molecule has 0 aromatic heterocycles. The van der Waals surface area contributed by atoms with E-state index < -0.39 is 0 Å². The molecule has 2 rings (SSSR count). The van der Waals surface area contributed by atoms with Crippen molar-refractivity contribution in [3.8, 4) is 0 Å². The van der Waals surface area contributed by atoms with Crippen LogP contribution in [0.4, 0.5) is 0 Å². The molecule has 0 aliphatic carbocycles. The molecule has 3 heteroatoms. The summed E-state index contributed by atoms with van der Waals surface area (Å²) in [5.74, 6) is 0. The maximum Gasteiger partial charge on any atom is 0.257 e. The van der Waals surface area contributed by atoms with Crippen molar-refractivity contribution in [3.63, 3.8) is 0 Å². The Morgan fingerprint density at radius 2 is 2.07 bits per heavy atom. The molecule has 1 heterocycles.